The Bertz CT molecular complexity index is 1460. The standard InChI is InChI=1S/C23H21F3N6O4/c1-35-17-8-4-6-15(20(17)36-2)10-27-18(33)12-31-13-28-21-19(22(31)34)29-30-32(21)11-14-5-3-7-16(9-14)23(24,25)26/h3-9,13H,10-12H2,1-2H3,(H,27,33). The van der Waals surface area contributed by atoms with Crippen LogP contribution in [-0.4, -0.2) is 44.7 Å². The van der Waals surface area contributed by atoms with E-state index < -0.39 is 23.2 Å². The first kappa shape index (κ1) is 24.7. The highest BCUT2D eigenvalue weighted by atomic mass is 19.4. The van der Waals surface area contributed by atoms with E-state index in [2.05, 4.69) is 20.6 Å². The van der Waals surface area contributed by atoms with E-state index in [1.165, 1.54) is 37.4 Å². The van der Waals surface area contributed by atoms with Crippen LogP contribution in [0.2, 0.25) is 0 Å². The van der Waals surface area contributed by atoms with E-state index in [1.807, 2.05) is 0 Å². The molecule has 4 aromatic rings. The number of carbonyl (C=O) groups excluding carboxylic acids is 1. The lowest BCUT2D eigenvalue weighted by Crippen LogP contribution is -2.32. The second-order valence-corrected chi connectivity index (χ2v) is 7.72. The summed E-state index contributed by atoms with van der Waals surface area (Å²) in [6.45, 7) is -0.259. The minimum absolute atomic E-state index is 0.0697. The van der Waals surface area contributed by atoms with Crippen LogP contribution in [0.15, 0.2) is 53.6 Å². The number of halogens is 3. The molecule has 0 saturated carbocycles. The Morgan fingerprint density at radius 2 is 1.89 bits per heavy atom. The van der Waals surface area contributed by atoms with E-state index in [9.17, 15) is 22.8 Å². The lowest BCUT2D eigenvalue weighted by Gasteiger charge is -2.13. The molecule has 188 valence electrons. The van der Waals surface area contributed by atoms with E-state index in [0.717, 1.165) is 16.7 Å². The maximum Gasteiger partial charge on any atom is 0.416 e. The first-order valence-electron chi connectivity index (χ1n) is 10.6. The van der Waals surface area contributed by atoms with Crippen molar-refractivity contribution in [1.82, 2.24) is 29.9 Å². The van der Waals surface area contributed by atoms with Gasteiger partial charge in [-0.15, -0.1) is 5.10 Å². The molecule has 0 aliphatic carbocycles. The number of rotatable bonds is 8. The van der Waals surface area contributed by atoms with Gasteiger partial charge in [-0.2, -0.15) is 13.2 Å². The molecule has 0 radical (unpaired) electrons. The number of amides is 1. The van der Waals surface area contributed by atoms with E-state index >= 15 is 0 Å². The first-order chi connectivity index (χ1) is 17.2. The van der Waals surface area contributed by atoms with Gasteiger partial charge in [0.25, 0.3) is 5.56 Å². The van der Waals surface area contributed by atoms with Crippen molar-refractivity contribution in [3.8, 4) is 11.5 Å². The predicted molar refractivity (Wildman–Crippen MR) is 122 cm³/mol. The number of fused-ring (bicyclic) bond motifs is 1. The molecule has 0 fully saturated rings. The van der Waals surface area contributed by atoms with Gasteiger partial charge in [-0.3, -0.25) is 14.2 Å². The predicted octanol–water partition coefficient (Wildman–Crippen LogP) is 2.39. The van der Waals surface area contributed by atoms with E-state index in [4.69, 9.17) is 9.47 Å². The zero-order chi connectivity index (χ0) is 25.9. The summed E-state index contributed by atoms with van der Waals surface area (Å²) in [5, 5.41) is 10.4. The van der Waals surface area contributed by atoms with Crippen LogP contribution >= 0.6 is 0 Å². The number of alkyl halides is 3. The van der Waals surface area contributed by atoms with Gasteiger partial charge in [0.05, 0.1) is 26.3 Å². The van der Waals surface area contributed by atoms with Gasteiger partial charge in [0.1, 0.15) is 12.9 Å². The monoisotopic (exact) mass is 502 g/mol. The molecule has 2 aromatic carbocycles. The molecule has 10 nitrogen and oxygen atoms in total. The topological polar surface area (TPSA) is 113 Å². The Morgan fingerprint density at radius 3 is 2.61 bits per heavy atom. The SMILES string of the molecule is COc1cccc(CNC(=O)Cn2cnc3c(nnn3Cc3cccc(C(F)(F)F)c3)c2=O)c1OC. The van der Waals surface area contributed by atoms with Crippen molar-refractivity contribution < 1.29 is 27.4 Å². The van der Waals surface area contributed by atoms with Crippen LogP contribution in [0.5, 0.6) is 11.5 Å². The third-order valence-electron chi connectivity index (χ3n) is 5.35. The zero-order valence-electron chi connectivity index (χ0n) is 19.2. The Morgan fingerprint density at radius 1 is 1.11 bits per heavy atom. The lowest BCUT2D eigenvalue weighted by molar-refractivity contribution is -0.137. The number of hydrogen-bond donors (Lipinski definition) is 1. The second kappa shape index (κ2) is 10.1. The first-order valence-corrected chi connectivity index (χ1v) is 10.6. The van der Waals surface area contributed by atoms with Crippen molar-refractivity contribution in [2.75, 3.05) is 14.2 Å². The average Bonchev–Trinajstić information content (AvgIpc) is 3.27. The number of nitrogens with zero attached hydrogens (tertiary/aromatic N) is 5. The van der Waals surface area contributed by atoms with Crippen LogP contribution in [0.25, 0.3) is 11.2 Å². The Kier molecular flexibility index (Phi) is 6.90. The fourth-order valence-electron chi connectivity index (χ4n) is 3.62. The summed E-state index contributed by atoms with van der Waals surface area (Å²) >= 11 is 0. The van der Waals surface area contributed by atoms with Gasteiger partial charge >= 0.3 is 6.18 Å². The number of hydrogen-bond acceptors (Lipinski definition) is 7. The maximum atomic E-state index is 13.0. The average molecular weight is 502 g/mol. The van der Waals surface area contributed by atoms with Crippen molar-refractivity contribution in [3.05, 3.63) is 75.8 Å². The van der Waals surface area contributed by atoms with E-state index in [0.29, 0.717) is 22.6 Å². The summed E-state index contributed by atoms with van der Waals surface area (Å²) in [5.41, 5.74) is -0.415. The normalized spacial score (nSPS) is 11.5. The summed E-state index contributed by atoms with van der Waals surface area (Å²) in [7, 11) is 3.00. The van der Waals surface area contributed by atoms with Crippen molar-refractivity contribution in [1.29, 1.82) is 0 Å². The molecule has 2 heterocycles. The van der Waals surface area contributed by atoms with Gasteiger partial charge in [-0.1, -0.05) is 29.5 Å². The summed E-state index contributed by atoms with van der Waals surface area (Å²) < 4.78 is 51.8. The van der Waals surface area contributed by atoms with Gasteiger partial charge in [-0.05, 0) is 23.8 Å². The molecule has 2 aromatic heterocycles. The van der Waals surface area contributed by atoms with Crippen LogP contribution < -0.4 is 20.3 Å². The van der Waals surface area contributed by atoms with Crippen LogP contribution in [0.4, 0.5) is 13.2 Å². The highest BCUT2D eigenvalue weighted by molar-refractivity contribution is 5.76. The number of benzene rings is 2. The molecule has 0 bridgehead atoms. The number of nitrogens with one attached hydrogen (secondary N) is 1. The maximum absolute atomic E-state index is 13.0. The fourth-order valence-corrected chi connectivity index (χ4v) is 3.62. The molecule has 0 aliphatic rings. The van der Waals surface area contributed by atoms with Crippen LogP contribution in [0.1, 0.15) is 16.7 Å². The van der Waals surface area contributed by atoms with Crippen molar-refractivity contribution in [3.63, 3.8) is 0 Å². The molecule has 4 rings (SSSR count). The zero-order valence-corrected chi connectivity index (χ0v) is 19.2. The Hall–Kier alpha value is -4.42. The van der Waals surface area contributed by atoms with Gasteiger partial charge in [0.2, 0.25) is 5.91 Å². The van der Waals surface area contributed by atoms with E-state index in [1.54, 1.807) is 18.2 Å². The Balaban J connectivity index is 1.48. The number of carbonyl (C=O) groups is 1. The van der Waals surface area contributed by atoms with Crippen molar-refractivity contribution in [2.45, 2.75) is 25.8 Å². The molecule has 1 N–H and O–H groups in total. The molecule has 13 heteroatoms. The molecule has 1 amide bonds. The highest BCUT2D eigenvalue weighted by Gasteiger charge is 2.30. The quantitative estimate of drug-likeness (QED) is 0.394. The second-order valence-electron chi connectivity index (χ2n) is 7.72. The Labute approximate surface area is 202 Å². The van der Waals surface area contributed by atoms with Gasteiger partial charge in [-0.25, -0.2) is 9.67 Å². The van der Waals surface area contributed by atoms with Gasteiger partial charge in [0, 0.05) is 12.1 Å². The minimum Gasteiger partial charge on any atom is -0.493 e. The smallest absolute Gasteiger partial charge is 0.416 e. The summed E-state index contributed by atoms with van der Waals surface area (Å²) in [4.78, 5) is 29.5. The third-order valence-corrected chi connectivity index (χ3v) is 5.35. The molecular formula is C23H21F3N6O4. The molecular weight excluding hydrogens is 481 g/mol. The number of para-hydroxylation sites is 1. The molecule has 0 saturated heterocycles. The highest BCUT2D eigenvalue weighted by Crippen LogP contribution is 2.31. The van der Waals surface area contributed by atoms with Crippen LogP contribution in [0.3, 0.4) is 0 Å². The molecule has 0 spiro atoms. The largest absolute Gasteiger partial charge is 0.493 e. The summed E-state index contributed by atoms with van der Waals surface area (Å²) in [5.74, 6) is 0.542. The molecule has 0 unspecified atom stereocenters. The van der Waals surface area contributed by atoms with Crippen molar-refractivity contribution >= 4 is 17.1 Å². The van der Waals surface area contributed by atoms with Crippen molar-refractivity contribution in [2.24, 2.45) is 0 Å². The van der Waals surface area contributed by atoms with Crippen LogP contribution in [-0.2, 0) is 30.6 Å². The number of aromatic nitrogens is 5. The summed E-state index contributed by atoms with van der Waals surface area (Å²) in [6, 6.07) is 10.0. The van der Waals surface area contributed by atoms with Gasteiger partial charge < -0.3 is 14.8 Å². The molecule has 0 atom stereocenters. The fraction of sp³-hybridized carbons (Fsp3) is 0.261. The van der Waals surface area contributed by atoms with Crippen LogP contribution in [0, 0.1) is 0 Å². The van der Waals surface area contributed by atoms with E-state index in [-0.39, 0.29) is 30.8 Å². The third kappa shape index (κ3) is 5.14. The minimum atomic E-state index is -4.48. The van der Waals surface area contributed by atoms with Gasteiger partial charge in [0.15, 0.2) is 22.7 Å². The number of methoxy groups -OCH3 is 2. The number of ether oxygens (including phenoxy) is 2. The lowest BCUT2D eigenvalue weighted by atomic mass is 10.1. The molecule has 0 aliphatic heterocycles. The molecule has 36 heavy (non-hydrogen) atoms. The summed E-state index contributed by atoms with van der Waals surface area (Å²) in [6.07, 6.45) is -3.31.